The van der Waals surface area contributed by atoms with Crippen LogP contribution in [0.2, 0.25) is 0 Å². The van der Waals surface area contributed by atoms with E-state index in [9.17, 15) is 0 Å². The lowest BCUT2D eigenvalue weighted by molar-refractivity contribution is 0.230. The van der Waals surface area contributed by atoms with Crippen molar-refractivity contribution in [2.45, 2.75) is 25.3 Å². The standard InChI is InChI=1S/C27H28N4/c1-19-6-8-25-23(17-19)28-27(26-5-4-13-31(25)26)11-15-30(16-12-27)20(2)21-7-9-24-22(18-21)10-14-29(24)3/h4-10,13-14,17-18,28H,2,11-12,15-16H2,1,3H3. The van der Waals surface area contributed by atoms with E-state index in [-0.39, 0.29) is 5.54 Å². The molecule has 0 aliphatic carbocycles. The Morgan fingerprint density at radius 1 is 1.00 bits per heavy atom. The number of benzene rings is 2. The normalized spacial score (nSPS) is 16.8. The minimum Gasteiger partial charge on any atom is -0.372 e. The first-order valence-corrected chi connectivity index (χ1v) is 11.1. The lowest BCUT2D eigenvalue weighted by atomic mass is 9.82. The van der Waals surface area contributed by atoms with E-state index in [1.807, 2.05) is 0 Å². The fourth-order valence-corrected chi connectivity index (χ4v) is 5.45. The maximum Gasteiger partial charge on any atom is 0.0813 e. The summed E-state index contributed by atoms with van der Waals surface area (Å²) in [6.07, 6.45) is 6.42. The zero-order valence-corrected chi connectivity index (χ0v) is 18.2. The topological polar surface area (TPSA) is 25.1 Å². The highest BCUT2D eigenvalue weighted by molar-refractivity contribution is 5.84. The Hall–Kier alpha value is -3.40. The minimum atomic E-state index is -0.0234. The average Bonchev–Trinajstić information content (AvgIpc) is 3.41. The fraction of sp³-hybridized carbons (Fsp3) is 0.259. The molecule has 0 radical (unpaired) electrons. The maximum absolute atomic E-state index is 4.47. The second-order valence-electron chi connectivity index (χ2n) is 9.13. The first kappa shape index (κ1) is 18.4. The summed E-state index contributed by atoms with van der Waals surface area (Å²) in [5.74, 6) is 0. The molecule has 4 aromatic rings. The maximum atomic E-state index is 4.47. The number of fused-ring (bicyclic) bond motifs is 5. The van der Waals surface area contributed by atoms with Crippen LogP contribution in [0.1, 0.15) is 29.7 Å². The first-order chi connectivity index (χ1) is 15.0. The number of nitrogens with one attached hydrogen (secondary N) is 1. The second-order valence-corrected chi connectivity index (χ2v) is 9.13. The molecule has 0 saturated carbocycles. The molecule has 0 bridgehead atoms. The van der Waals surface area contributed by atoms with Crippen LogP contribution < -0.4 is 5.32 Å². The fourth-order valence-electron chi connectivity index (χ4n) is 5.45. The molecule has 1 saturated heterocycles. The van der Waals surface area contributed by atoms with Crippen molar-refractivity contribution >= 4 is 22.3 Å². The molecule has 4 heteroatoms. The summed E-state index contributed by atoms with van der Waals surface area (Å²) >= 11 is 0. The van der Waals surface area contributed by atoms with E-state index < -0.39 is 0 Å². The highest BCUT2D eigenvalue weighted by Gasteiger charge is 2.41. The van der Waals surface area contributed by atoms with Gasteiger partial charge in [0, 0.05) is 54.8 Å². The summed E-state index contributed by atoms with van der Waals surface area (Å²) in [7, 11) is 2.09. The van der Waals surface area contributed by atoms with E-state index in [0.717, 1.165) is 31.6 Å². The van der Waals surface area contributed by atoms with Crippen LogP contribution in [0.4, 0.5) is 5.69 Å². The van der Waals surface area contributed by atoms with Crippen molar-refractivity contribution in [3.63, 3.8) is 0 Å². The van der Waals surface area contributed by atoms with Gasteiger partial charge < -0.3 is 19.4 Å². The van der Waals surface area contributed by atoms with Crippen LogP contribution in [0, 0.1) is 6.92 Å². The van der Waals surface area contributed by atoms with Crippen molar-refractivity contribution in [2.75, 3.05) is 18.4 Å². The number of nitrogens with zero attached hydrogens (tertiary/aromatic N) is 3. The van der Waals surface area contributed by atoms with Crippen molar-refractivity contribution in [1.29, 1.82) is 0 Å². The molecule has 2 aliphatic rings. The summed E-state index contributed by atoms with van der Waals surface area (Å²) in [5, 5.41) is 5.21. The third kappa shape index (κ3) is 2.74. The molecule has 0 amide bonds. The lowest BCUT2D eigenvalue weighted by Gasteiger charge is -2.47. The predicted octanol–water partition coefficient (Wildman–Crippen LogP) is 5.66. The van der Waals surface area contributed by atoms with Gasteiger partial charge in [-0.1, -0.05) is 18.7 Å². The van der Waals surface area contributed by atoms with Crippen molar-refractivity contribution in [1.82, 2.24) is 14.0 Å². The van der Waals surface area contributed by atoms with Crippen LogP contribution in [0.25, 0.3) is 22.3 Å². The summed E-state index contributed by atoms with van der Waals surface area (Å²) in [5.41, 5.74) is 8.74. The quantitative estimate of drug-likeness (QED) is 0.463. The molecule has 6 rings (SSSR count). The lowest BCUT2D eigenvalue weighted by Crippen LogP contribution is -2.49. The Morgan fingerprint density at radius 3 is 2.68 bits per heavy atom. The van der Waals surface area contributed by atoms with Gasteiger partial charge >= 0.3 is 0 Å². The predicted molar refractivity (Wildman–Crippen MR) is 129 cm³/mol. The Labute approximate surface area is 183 Å². The molecule has 1 spiro atoms. The molecule has 1 fully saturated rings. The molecule has 156 valence electrons. The summed E-state index contributed by atoms with van der Waals surface area (Å²) in [6, 6.07) is 20.0. The van der Waals surface area contributed by atoms with Gasteiger partial charge in [0.25, 0.3) is 0 Å². The van der Waals surface area contributed by atoms with E-state index in [1.54, 1.807) is 0 Å². The molecule has 4 nitrogen and oxygen atoms in total. The molecule has 2 aliphatic heterocycles. The number of likely N-dealkylation sites (tertiary alicyclic amines) is 1. The molecule has 1 N–H and O–H groups in total. The van der Waals surface area contributed by atoms with Crippen LogP contribution in [-0.2, 0) is 12.6 Å². The third-order valence-electron chi connectivity index (χ3n) is 7.24. The van der Waals surface area contributed by atoms with Gasteiger partial charge in [0.05, 0.1) is 16.9 Å². The van der Waals surface area contributed by atoms with Crippen molar-refractivity contribution < 1.29 is 0 Å². The molecular weight excluding hydrogens is 380 g/mol. The zero-order valence-electron chi connectivity index (χ0n) is 18.2. The SMILES string of the molecule is C=C(c1ccc2c(ccn2C)c1)N1CCC2(CC1)Nc1cc(C)ccc1-n1cccc12. The van der Waals surface area contributed by atoms with Gasteiger partial charge in [0.2, 0.25) is 0 Å². The number of aryl methyl sites for hydroxylation is 2. The second kappa shape index (κ2) is 6.55. The van der Waals surface area contributed by atoms with Crippen LogP contribution >= 0.6 is 0 Å². The zero-order chi connectivity index (χ0) is 21.2. The highest BCUT2D eigenvalue weighted by Crippen LogP contribution is 2.44. The number of anilines is 1. The van der Waals surface area contributed by atoms with Crippen LogP contribution in [0.5, 0.6) is 0 Å². The Bertz CT molecular complexity index is 1310. The molecule has 0 unspecified atom stereocenters. The summed E-state index contributed by atoms with van der Waals surface area (Å²) in [4.78, 5) is 2.45. The van der Waals surface area contributed by atoms with Gasteiger partial charge in [-0.25, -0.2) is 0 Å². The number of hydrogen-bond donors (Lipinski definition) is 1. The molecule has 4 heterocycles. The summed E-state index contributed by atoms with van der Waals surface area (Å²) < 4.78 is 4.54. The number of aromatic nitrogens is 2. The Balaban J connectivity index is 1.27. The molecule has 31 heavy (non-hydrogen) atoms. The van der Waals surface area contributed by atoms with Crippen molar-refractivity contribution in [2.24, 2.45) is 7.05 Å². The minimum absolute atomic E-state index is 0.0234. The van der Waals surface area contributed by atoms with E-state index in [0.29, 0.717) is 0 Å². The first-order valence-electron chi connectivity index (χ1n) is 11.1. The van der Waals surface area contributed by atoms with Gasteiger partial charge in [-0.2, -0.15) is 0 Å². The Morgan fingerprint density at radius 2 is 1.84 bits per heavy atom. The number of hydrogen-bond acceptors (Lipinski definition) is 2. The van der Waals surface area contributed by atoms with Crippen molar-refractivity contribution in [3.8, 4) is 5.69 Å². The molecule has 2 aromatic heterocycles. The van der Waals surface area contributed by atoms with E-state index >= 15 is 0 Å². The van der Waals surface area contributed by atoms with Gasteiger partial charge in [0.15, 0.2) is 0 Å². The third-order valence-corrected chi connectivity index (χ3v) is 7.24. The number of piperidine rings is 1. The van der Waals surface area contributed by atoms with Crippen molar-refractivity contribution in [3.05, 3.63) is 90.4 Å². The van der Waals surface area contributed by atoms with Gasteiger partial charge in [-0.05, 0) is 73.4 Å². The van der Waals surface area contributed by atoms with Gasteiger partial charge in [0.1, 0.15) is 0 Å². The molecular formula is C27H28N4. The molecule has 2 aromatic carbocycles. The van der Waals surface area contributed by atoms with Crippen LogP contribution in [0.3, 0.4) is 0 Å². The van der Waals surface area contributed by atoms with E-state index in [1.165, 1.54) is 39.1 Å². The van der Waals surface area contributed by atoms with E-state index in [4.69, 9.17) is 0 Å². The van der Waals surface area contributed by atoms with E-state index in [2.05, 4.69) is 107 Å². The Kier molecular flexibility index (Phi) is 3.88. The van der Waals surface area contributed by atoms with Crippen LogP contribution in [0.15, 0.2) is 73.6 Å². The largest absolute Gasteiger partial charge is 0.372 e. The smallest absolute Gasteiger partial charge is 0.0813 e. The molecule has 0 atom stereocenters. The van der Waals surface area contributed by atoms with Gasteiger partial charge in [-0.15, -0.1) is 0 Å². The van der Waals surface area contributed by atoms with Gasteiger partial charge in [-0.3, -0.25) is 0 Å². The van der Waals surface area contributed by atoms with Crippen LogP contribution in [-0.4, -0.2) is 27.1 Å². The number of rotatable bonds is 2. The average molecular weight is 409 g/mol. The highest BCUT2D eigenvalue weighted by atomic mass is 15.2. The summed E-state index contributed by atoms with van der Waals surface area (Å²) in [6.45, 7) is 8.62. The monoisotopic (exact) mass is 408 g/mol.